The van der Waals surface area contributed by atoms with Crippen molar-refractivity contribution in [3.8, 4) is 0 Å². The number of anilines is 1. The van der Waals surface area contributed by atoms with Crippen LogP contribution >= 0.6 is 0 Å². The van der Waals surface area contributed by atoms with E-state index in [9.17, 15) is 9.59 Å². The SMILES string of the molecule is CCNC(=O)NC(=O)C(C)N1CCN(c2ccccc2C)CC1. The Morgan fingerprint density at radius 1 is 1.17 bits per heavy atom. The maximum atomic E-state index is 12.1. The lowest BCUT2D eigenvalue weighted by Gasteiger charge is -2.39. The number of hydrogen-bond donors (Lipinski definition) is 2. The van der Waals surface area contributed by atoms with Crippen molar-refractivity contribution in [3.05, 3.63) is 29.8 Å². The van der Waals surface area contributed by atoms with Crippen LogP contribution in [0.15, 0.2) is 24.3 Å². The lowest BCUT2D eigenvalue weighted by atomic mass is 10.1. The van der Waals surface area contributed by atoms with Crippen LogP contribution < -0.4 is 15.5 Å². The minimum Gasteiger partial charge on any atom is -0.369 e. The number of carbonyl (C=O) groups is 2. The van der Waals surface area contributed by atoms with Crippen LogP contribution in [0.1, 0.15) is 19.4 Å². The molecule has 0 aromatic heterocycles. The van der Waals surface area contributed by atoms with Crippen molar-refractivity contribution in [1.29, 1.82) is 0 Å². The number of aryl methyl sites for hydroxylation is 1. The second-order valence-electron chi connectivity index (χ2n) is 5.83. The number of carbonyl (C=O) groups excluding carboxylic acids is 2. The Morgan fingerprint density at radius 3 is 2.43 bits per heavy atom. The summed E-state index contributed by atoms with van der Waals surface area (Å²) in [5.74, 6) is -0.250. The number of amides is 3. The molecule has 1 aliphatic rings. The van der Waals surface area contributed by atoms with Crippen LogP contribution in [0.3, 0.4) is 0 Å². The Kier molecular flexibility index (Phi) is 5.98. The van der Waals surface area contributed by atoms with E-state index in [1.807, 2.05) is 19.9 Å². The third kappa shape index (κ3) is 4.45. The lowest BCUT2D eigenvalue weighted by Crippen LogP contribution is -2.55. The first-order chi connectivity index (χ1) is 11.0. The van der Waals surface area contributed by atoms with Gasteiger partial charge in [-0.05, 0) is 32.4 Å². The molecule has 0 saturated carbocycles. The fourth-order valence-corrected chi connectivity index (χ4v) is 2.86. The first-order valence-corrected chi connectivity index (χ1v) is 8.16. The monoisotopic (exact) mass is 318 g/mol. The third-order valence-corrected chi connectivity index (χ3v) is 4.27. The molecule has 0 radical (unpaired) electrons. The van der Waals surface area contributed by atoms with Crippen LogP contribution in [0.5, 0.6) is 0 Å². The molecule has 2 rings (SSSR count). The minimum absolute atomic E-state index is 0.250. The predicted octanol–water partition coefficient (Wildman–Crippen LogP) is 1.35. The van der Waals surface area contributed by atoms with E-state index in [-0.39, 0.29) is 11.9 Å². The molecule has 0 bridgehead atoms. The summed E-state index contributed by atoms with van der Waals surface area (Å²) in [7, 11) is 0. The zero-order valence-electron chi connectivity index (χ0n) is 14.1. The molecule has 0 spiro atoms. The molecule has 126 valence electrons. The highest BCUT2D eigenvalue weighted by atomic mass is 16.2. The molecule has 0 aliphatic carbocycles. The van der Waals surface area contributed by atoms with Gasteiger partial charge in [0, 0.05) is 38.4 Å². The third-order valence-electron chi connectivity index (χ3n) is 4.27. The smallest absolute Gasteiger partial charge is 0.321 e. The van der Waals surface area contributed by atoms with Gasteiger partial charge >= 0.3 is 6.03 Å². The van der Waals surface area contributed by atoms with E-state index >= 15 is 0 Å². The van der Waals surface area contributed by atoms with Crippen LogP contribution in [0.2, 0.25) is 0 Å². The van der Waals surface area contributed by atoms with Crippen molar-refractivity contribution in [1.82, 2.24) is 15.5 Å². The highest BCUT2D eigenvalue weighted by Gasteiger charge is 2.26. The molecule has 6 nitrogen and oxygen atoms in total. The summed E-state index contributed by atoms with van der Waals surface area (Å²) in [5.41, 5.74) is 2.52. The fourth-order valence-electron chi connectivity index (χ4n) is 2.86. The van der Waals surface area contributed by atoms with E-state index in [1.165, 1.54) is 11.3 Å². The van der Waals surface area contributed by atoms with Crippen molar-refractivity contribution < 1.29 is 9.59 Å². The van der Waals surface area contributed by atoms with E-state index in [4.69, 9.17) is 0 Å². The Labute approximate surface area is 137 Å². The van der Waals surface area contributed by atoms with Crippen molar-refractivity contribution >= 4 is 17.6 Å². The molecule has 23 heavy (non-hydrogen) atoms. The predicted molar refractivity (Wildman–Crippen MR) is 91.6 cm³/mol. The molecule has 1 atom stereocenters. The lowest BCUT2D eigenvalue weighted by molar-refractivity contribution is -0.124. The number of benzene rings is 1. The van der Waals surface area contributed by atoms with Crippen molar-refractivity contribution in [2.45, 2.75) is 26.8 Å². The standard InChI is InChI=1S/C17H26N4O2/c1-4-18-17(23)19-16(22)14(3)20-9-11-21(12-10-20)15-8-6-5-7-13(15)2/h5-8,14H,4,9-12H2,1-3H3,(H2,18,19,22,23). The Bertz CT molecular complexity index is 553. The first-order valence-electron chi connectivity index (χ1n) is 8.16. The molecule has 1 unspecified atom stereocenters. The molecular formula is C17H26N4O2. The quantitative estimate of drug-likeness (QED) is 0.880. The van der Waals surface area contributed by atoms with Crippen molar-refractivity contribution in [2.75, 3.05) is 37.6 Å². The Morgan fingerprint density at radius 2 is 1.83 bits per heavy atom. The normalized spacial score (nSPS) is 16.7. The van der Waals surface area contributed by atoms with Gasteiger partial charge < -0.3 is 10.2 Å². The molecule has 1 saturated heterocycles. The second kappa shape index (κ2) is 7.97. The molecule has 6 heteroatoms. The molecular weight excluding hydrogens is 292 g/mol. The number of para-hydroxylation sites is 1. The maximum Gasteiger partial charge on any atom is 0.321 e. The van der Waals surface area contributed by atoms with Gasteiger partial charge in [0.2, 0.25) is 5.91 Å². The highest BCUT2D eigenvalue weighted by molar-refractivity contribution is 5.96. The number of urea groups is 1. The fraction of sp³-hybridized carbons (Fsp3) is 0.529. The highest BCUT2D eigenvalue weighted by Crippen LogP contribution is 2.21. The summed E-state index contributed by atoms with van der Waals surface area (Å²) in [4.78, 5) is 28.0. The van der Waals surface area contributed by atoms with Crippen LogP contribution in [0.25, 0.3) is 0 Å². The number of imide groups is 1. The van der Waals surface area contributed by atoms with E-state index in [0.29, 0.717) is 6.54 Å². The van der Waals surface area contributed by atoms with Gasteiger partial charge in [-0.15, -0.1) is 0 Å². The summed E-state index contributed by atoms with van der Waals surface area (Å²) in [6.45, 7) is 9.65. The van der Waals surface area contributed by atoms with Crippen molar-refractivity contribution in [2.24, 2.45) is 0 Å². The summed E-state index contributed by atoms with van der Waals surface area (Å²) in [6.07, 6.45) is 0. The minimum atomic E-state index is -0.428. The summed E-state index contributed by atoms with van der Waals surface area (Å²) in [5, 5.41) is 4.96. The average molecular weight is 318 g/mol. The number of rotatable bonds is 4. The molecule has 1 aromatic carbocycles. The second-order valence-corrected chi connectivity index (χ2v) is 5.83. The number of nitrogens with one attached hydrogen (secondary N) is 2. The van der Waals surface area contributed by atoms with Gasteiger partial charge in [-0.2, -0.15) is 0 Å². The van der Waals surface area contributed by atoms with Crippen LogP contribution in [-0.2, 0) is 4.79 Å². The van der Waals surface area contributed by atoms with Gasteiger partial charge in [0.25, 0.3) is 0 Å². The Balaban J connectivity index is 1.87. The van der Waals surface area contributed by atoms with E-state index < -0.39 is 6.03 Å². The molecule has 1 fully saturated rings. The number of piperazine rings is 1. The molecule has 1 heterocycles. The first kappa shape index (κ1) is 17.3. The van der Waals surface area contributed by atoms with Crippen LogP contribution in [0, 0.1) is 6.92 Å². The van der Waals surface area contributed by atoms with Crippen molar-refractivity contribution in [3.63, 3.8) is 0 Å². The topological polar surface area (TPSA) is 64.7 Å². The maximum absolute atomic E-state index is 12.1. The summed E-state index contributed by atoms with van der Waals surface area (Å²) < 4.78 is 0. The molecule has 1 aromatic rings. The zero-order valence-corrected chi connectivity index (χ0v) is 14.1. The number of nitrogens with zero attached hydrogens (tertiary/aromatic N) is 2. The van der Waals surface area contributed by atoms with E-state index in [0.717, 1.165) is 26.2 Å². The van der Waals surface area contributed by atoms with Crippen LogP contribution in [-0.4, -0.2) is 55.6 Å². The van der Waals surface area contributed by atoms with Crippen LogP contribution in [0.4, 0.5) is 10.5 Å². The Hall–Kier alpha value is -2.08. The number of hydrogen-bond acceptors (Lipinski definition) is 4. The largest absolute Gasteiger partial charge is 0.369 e. The molecule has 2 N–H and O–H groups in total. The van der Waals surface area contributed by atoms with Gasteiger partial charge in [0.1, 0.15) is 0 Å². The summed E-state index contributed by atoms with van der Waals surface area (Å²) >= 11 is 0. The van der Waals surface area contributed by atoms with Gasteiger partial charge in [0.15, 0.2) is 0 Å². The van der Waals surface area contributed by atoms with Gasteiger partial charge in [-0.25, -0.2) is 4.79 Å². The average Bonchev–Trinajstić information content (AvgIpc) is 2.55. The van der Waals surface area contributed by atoms with Gasteiger partial charge in [0.05, 0.1) is 6.04 Å². The van der Waals surface area contributed by atoms with E-state index in [1.54, 1.807) is 0 Å². The zero-order chi connectivity index (χ0) is 16.8. The molecule has 3 amide bonds. The van der Waals surface area contributed by atoms with Gasteiger partial charge in [-0.3, -0.25) is 15.0 Å². The van der Waals surface area contributed by atoms with E-state index in [2.05, 4.69) is 45.6 Å². The summed E-state index contributed by atoms with van der Waals surface area (Å²) in [6, 6.07) is 7.61. The van der Waals surface area contributed by atoms with Gasteiger partial charge in [-0.1, -0.05) is 18.2 Å². The molecule has 1 aliphatic heterocycles.